The summed E-state index contributed by atoms with van der Waals surface area (Å²) in [5, 5.41) is 3.26. The van der Waals surface area contributed by atoms with E-state index in [1.165, 1.54) is 11.1 Å². The average Bonchev–Trinajstić information content (AvgIpc) is 2.26. The van der Waals surface area contributed by atoms with Gasteiger partial charge >= 0.3 is 0 Å². The minimum absolute atomic E-state index is 0.659. The highest BCUT2D eigenvalue weighted by Gasteiger charge is 2.08. The largest absolute Gasteiger partial charge is 0.385 e. The van der Waals surface area contributed by atoms with Crippen LogP contribution in [0.1, 0.15) is 17.5 Å². The van der Waals surface area contributed by atoms with Crippen molar-refractivity contribution in [2.24, 2.45) is 5.92 Å². The summed E-state index contributed by atoms with van der Waals surface area (Å²) < 4.78 is 5.15. The highest BCUT2D eigenvalue weighted by atomic mass is 16.5. The van der Waals surface area contributed by atoms with E-state index < -0.39 is 0 Å². The van der Waals surface area contributed by atoms with Crippen molar-refractivity contribution in [2.45, 2.75) is 19.8 Å². The summed E-state index contributed by atoms with van der Waals surface area (Å²) in [6.07, 6.45) is 2.25. The Hall–Kier alpha value is -0.860. The molecular weight excluding hydrogens is 198 g/mol. The first-order chi connectivity index (χ1) is 7.76. The SMILES string of the molecule is CNCC(CCOC)Cc1cccc(C)c1. The van der Waals surface area contributed by atoms with Crippen LogP contribution in [-0.2, 0) is 11.2 Å². The summed E-state index contributed by atoms with van der Waals surface area (Å²) in [5.41, 5.74) is 2.77. The Morgan fingerprint density at radius 3 is 2.81 bits per heavy atom. The third kappa shape index (κ3) is 4.77. The third-order valence-corrected chi connectivity index (χ3v) is 2.83. The Kier molecular flexibility index (Phi) is 6.12. The van der Waals surface area contributed by atoms with E-state index in [1.807, 2.05) is 7.05 Å². The normalized spacial score (nSPS) is 12.7. The fraction of sp³-hybridized carbons (Fsp3) is 0.571. The van der Waals surface area contributed by atoms with Crippen molar-refractivity contribution in [2.75, 3.05) is 27.3 Å². The highest BCUT2D eigenvalue weighted by Crippen LogP contribution is 2.13. The second-order valence-electron chi connectivity index (χ2n) is 4.40. The number of aryl methyl sites for hydroxylation is 1. The number of ether oxygens (including phenoxy) is 1. The number of methoxy groups -OCH3 is 1. The number of hydrogen-bond donors (Lipinski definition) is 1. The zero-order valence-electron chi connectivity index (χ0n) is 10.6. The first-order valence-corrected chi connectivity index (χ1v) is 5.95. The third-order valence-electron chi connectivity index (χ3n) is 2.83. The molecule has 0 fully saturated rings. The summed E-state index contributed by atoms with van der Waals surface area (Å²) in [7, 11) is 3.78. The quantitative estimate of drug-likeness (QED) is 0.763. The molecule has 0 saturated heterocycles. The molecule has 0 heterocycles. The molecule has 1 aromatic rings. The molecule has 0 aromatic heterocycles. The summed E-state index contributed by atoms with van der Waals surface area (Å²) in [5.74, 6) is 0.659. The summed E-state index contributed by atoms with van der Waals surface area (Å²) in [6.45, 7) is 4.04. The molecule has 0 spiro atoms. The second kappa shape index (κ2) is 7.42. The maximum Gasteiger partial charge on any atom is 0.0465 e. The predicted octanol–water partition coefficient (Wildman–Crippen LogP) is 2.41. The molecule has 1 aromatic carbocycles. The van der Waals surface area contributed by atoms with Gasteiger partial charge in [-0.05, 0) is 44.8 Å². The average molecular weight is 221 g/mol. The van der Waals surface area contributed by atoms with Crippen molar-refractivity contribution in [1.29, 1.82) is 0 Å². The van der Waals surface area contributed by atoms with Crippen LogP contribution in [-0.4, -0.2) is 27.3 Å². The van der Waals surface area contributed by atoms with Gasteiger partial charge in [-0.2, -0.15) is 0 Å². The van der Waals surface area contributed by atoms with Crippen molar-refractivity contribution < 1.29 is 4.74 Å². The van der Waals surface area contributed by atoms with Crippen LogP contribution in [0, 0.1) is 12.8 Å². The Morgan fingerprint density at radius 1 is 1.38 bits per heavy atom. The van der Waals surface area contributed by atoms with E-state index in [-0.39, 0.29) is 0 Å². The summed E-state index contributed by atoms with van der Waals surface area (Å²) in [6, 6.07) is 8.76. The lowest BCUT2D eigenvalue weighted by Gasteiger charge is -2.16. The Balaban J connectivity index is 2.52. The molecule has 90 valence electrons. The van der Waals surface area contributed by atoms with Crippen molar-refractivity contribution in [3.05, 3.63) is 35.4 Å². The standard InChI is InChI=1S/C14H23NO/c1-12-5-4-6-13(9-12)10-14(11-15-2)7-8-16-3/h4-6,9,14-15H,7-8,10-11H2,1-3H3. The van der Waals surface area contributed by atoms with Gasteiger partial charge in [-0.1, -0.05) is 29.8 Å². The van der Waals surface area contributed by atoms with Crippen LogP contribution in [0.25, 0.3) is 0 Å². The van der Waals surface area contributed by atoms with Crippen LogP contribution in [0.2, 0.25) is 0 Å². The fourth-order valence-corrected chi connectivity index (χ4v) is 2.02. The lowest BCUT2D eigenvalue weighted by Crippen LogP contribution is -2.22. The fourth-order valence-electron chi connectivity index (χ4n) is 2.02. The van der Waals surface area contributed by atoms with Gasteiger partial charge in [0.1, 0.15) is 0 Å². The van der Waals surface area contributed by atoms with E-state index in [4.69, 9.17) is 4.74 Å². The van der Waals surface area contributed by atoms with E-state index in [2.05, 4.69) is 36.5 Å². The summed E-state index contributed by atoms with van der Waals surface area (Å²) in [4.78, 5) is 0. The highest BCUT2D eigenvalue weighted by molar-refractivity contribution is 5.22. The monoisotopic (exact) mass is 221 g/mol. The number of nitrogens with one attached hydrogen (secondary N) is 1. The zero-order chi connectivity index (χ0) is 11.8. The van der Waals surface area contributed by atoms with Gasteiger partial charge in [-0.15, -0.1) is 0 Å². The number of rotatable bonds is 7. The molecule has 0 bridgehead atoms. The minimum Gasteiger partial charge on any atom is -0.385 e. The molecule has 0 aliphatic carbocycles. The second-order valence-corrected chi connectivity index (χ2v) is 4.40. The van der Waals surface area contributed by atoms with Gasteiger partial charge in [0.05, 0.1) is 0 Å². The Labute approximate surface area is 99.0 Å². The van der Waals surface area contributed by atoms with E-state index >= 15 is 0 Å². The zero-order valence-corrected chi connectivity index (χ0v) is 10.6. The lowest BCUT2D eigenvalue weighted by atomic mass is 9.95. The van der Waals surface area contributed by atoms with Crippen LogP contribution in [0.3, 0.4) is 0 Å². The van der Waals surface area contributed by atoms with Gasteiger partial charge in [0.15, 0.2) is 0 Å². The molecule has 1 unspecified atom stereocenters. The smallest absolute Gasteiger partial charge is 0.0465 e. The lowest BCUT2D eigenvalue weighted by molar-refractivity contribution is 0.176. The summed E-state index contributed by atoms with van der Waals surface area (Å²) >= 11 is 0. The van der Waals surface area contributed by atoms with Crippen LogP contribution < -0.4 is 5.32 Å². The van der Waals surface area contributed by atoms with Crippen LogP contribution >= 0.6 is 0 Å². The van der Waals surface area contributed by atoms with Crippen molar-refractivity contribution >= 4 is 0 Å². The molecule has 2 nitrogen and oxygen atoms in total. The van der Waals surface area contributed by atoms with Gasteiger partial charge in [-0.25, -0.2) is 0 Å². The van der Waals surface area contributed by atoms with Crippen LogP contribution in [0.15, 0.2) is 24.3 Å². The molecule has 0 amide bonds. The topological polar surface area (TPSA) is 21.3 Å². The number of benzene rings is 1. The maximum atomic E-state index is 5.15. The molecule has 0 saturated carbocycles. The predicted molar refractivity (Wildman–Crippen MR) is 68.8 cm³/mol. The molecule has 1 atom stereocenters. The van der Waals surface area contributed by atoms with Gasteiger partial charge in [0.25, 0.3) is 0 Å². The van der Waals surface area contributed by atoms with E-state index in [9.17, 15) is 0 Å². The first kappa shape index (κ1) is 13.2. The molecule has 1 N–H and O–H groups in total. The van der Waals surface area contributed by atoms with E-state index in [1.54, 1.807) is 7.11 Å². The van der Waals surface area contributed by atoms with Crippen molar-refractivity contribution in [3.63, 3.8) is 0 Å². The molecule has 0 radical (unpaired) electrons. The molecule has 0 aliphatic rings. The van der Waals surface area contributed by atoms with Gasteiger partial charge in [0, 0.05) is 13.7 Å². The van der Waals surface area contributed by atoms with E-state index in [0.29, 0.717) is 5.92 Å². The maximum absolute atomic E-state index is 5.15. The van der Waals surface area contributed by atoms with Crippen LogP contribution in [0.5, 0.6) is 0 Å². The molecule has 1 rings (SSSR count). The first-order valence-electron chi connectivity index (χ1n) is 5.95. The Morgan fingerprint density at radius 2 is 2.19 bits per heavy atom. The number of hydrogen-bond acceptors (Lipinski definition) is 2. The van der Waals surface area contributed by atoms with E-state index in [0.717, 1.165) is 26.0 Å². The van der Waals surface area contributed by atoms with Gasteiger partial charge in [-0.3, -0.25) is 0 Å². The minimum atomic E-state index is 0.659. The molecule has 0 aliphatic heterocycles. The molecule has 2 heteroatoms. The van der Waals surface area contributed by atoms with Crippen molar-refractivity contribution in [1.82, 2.24) is 5.32 Å². The molecular formula is C14H23NO. The molecule has 16 heavy (non-hydrogen) atoms. The van der Waals surface area contributed by atoms with Gasteiger partial charge < -0.3 is 10.1 Å². The Bertz CT molecular complexity index is 299. The van der Waals surface area contributed by atoms with Crippen molar-refractivity contribution in [3.8, 4) is 0 Å². The van der Waals surface area contributed by atoms with Gasteiger partial charge in [0.2, 0.25) is 0 Å². The van der Waals surface area contributed by atoms with Crippen LogP contribution in [0.4, 0.5) is 0 Å².